The van der Waals surface area contributed by atoms with Gasteiger partial charge in [-0.15, -0.1) is 0 Å². The minimum absolute atomic E-state index is 0.0549. The van der Waals surface area contributed by atoms with Gasteiger partial charge in [-0.2, -0.15) is 0 Å². The summed E-state index contributed by atoms with van der Waals surface area (Å²) < 4.78 is 11.0. The Morgan fingerprint density at radius 2 is 1.17 bits per heavy atom. The predicted octanol–water partition coefficient (Wildman–Crippen LogP) is 4.08. The van der Waals surface area contributed by atoms with E-state index in [-0.39, 0.29) is 25.0 Å². The SMILES string of the molecule is Cc1cc(Cl)ccc1OCC(=O)NCCCCNC(=O)COc1ccc(Cl)cc1C. The third kappa shape index (κ3) is 8.51. The zero-order chi connectivity index (χ0) is 21.9. The Hall–Kier alpha value is -2.44. The Kier molecular flexibility index (Phi) is 9.77. The number of benzene rings is 2. The smallest absolute Gasteiger partial charge is 0.257 e. The van der Waals surface area contributed by atoms with Gasteiger partial charge in [-0.25, -0.2) is 0 Å². The van der Waals surface area contributed by atoms with E-state index < -0.39 is 0 Å². The van der Waals surface area contributed by atoms with E-state index in [1.54, 1.807) is 36.4 Å². The largest absolute Gasteiger partial charge is 0.484 e. The Morgan fingerprint density at radius 3 is 1.53 bits per heavy atom. The van der Waals surface area contributed by atoms with Crippen LogP contribution >= 0.6 is 23.2 Å². The van der Waals surface area contributed by atoms with Crippen molar-refractivity contribution in [1.82, 2.24) is 10.6 Å². The van der Waals surface area contributed by atoms with Crippen molar-refractivity contribution >= 4 is 35.0 Å². The van der Waals surface area contributed by atoms with E-state index in [9.17, 15) is 9.59 Å². The maximum absolute atomic E-state index is 11.8. The van der Waals surface area contributed by atoms with Gasteiger partial charge in [-0.1, -0.05) is 23.2 Å². The first kappa shape index (κ1) is 23.8. The molecule has 2 amide bonds. The number of amides is 2. The minimum atomic E-state index is -0.194. The molecular formula is C22H26Cl2N2O4. The molecule has 162 valence electrons. The summed E-state index contributed by atoms with van der Waals surface area (Å²) in [6.07, 6.45) is 1.48. The van der Waals surface area contributed by atoms with E-state index in [0.29, 0.717) is 34.6 Å². The molecule has 0 aliphatic carbocycles. The summed E-state index contributed by atoms with van der Waals surface area (Å²) in [5.41, 5.74) is 1.75. The van der Waals surface area contributed by atoms with Crippen LogP contribution in [0.2, 0.25) is 10.0 Å². The van der Waals surface area contributed by atoms with Gasteiger partial charge in [0.25, 0.3) is 11.8 Å². The average Bonchev–Trinajstić information content (AvgIpc) is 2.69. The summed E-state index contributed by atoms with van der Waals surface area (Å²) in [7, 11) is 0. The van der Waals surface area contributed by atoms with Crippen molar-refractivity contribution in [2.75, 3.05) is 26.3 Å². The summed E-state index contributed by atoms with van der Waals surface area (Å²) in [6.45, 7) is 4.65. The van der Waals surface area contributed by atoms with Crippen molar-refractivity contribution < 1.29 is 19.1 Å². The number of nitrogens with one attached hydrogen (secondary N) is 2. The number of hydrogen-bond donors (Lipinski definition) is 2. The molecule has 0 aliphatic heterocycles. The van der Waals surface area contributed by atoms with Crippen molar-refractivity contribution in [3.63, 3.8) is 0 Å². The van der Waals surface area contributed by atoms with Crippen molar-refractivity contribution in [2.24, 2.45) is 0 Å². The molecule has 0 atom stereocenters. The molecule has 2 aromatic carbocycles. The summed E-state index contributed by atoms with van der Waals surface area (Å²) in [6, 6.07) is 10.5. The summed E-state index contributed by atoms with van der Waals surface area (Å²) in [5, 5.41) is 6.84. The van der Waals surface area contributed by atoms with Gasteiger partial charge in [0, 0.05) is 23.1 Å². The van der Waals surface area contributed by atoms with E-state index in [1.165, 1.54) is 0 Å². The zero-order valence-corrected chi connectivity index (χ0v) is 18.6. The molecule has 8 heteroatoms. The Bertz CT molecular complexity index is 803. The second-order valence-corrected chi connectivity index (χ2v) is 7.68. The number of unbranched alkanes of at least 4 members (excludes halogenated alkanes) is 1. The van der Waals surface area contributed by atoms with Gasteiger partial charge in [0.15, 0.2) is 13.2 Å². The molecule has 0 aromatic heterocycles. The summed E-state index contributed by atoms with van der Waals surface area (Å²) in [5.74, 6) is 0.877. The highest BCUT2D eigenvalue weighted by Gasteiger charge is 2.06. The number of carbonyl (C=O) groups excluding carboxylic acids is 2. The van der Waals surface area contributed by atoms with Gasteiger partial charge in [0.05, 0.1) is 0 Å². The first-order valence-corrected chi connectivity index (χ1v) is 10.4. The molecule has 2 aromatic rings. The molecule has 0 radical (unpaired) electrons. The van der Waals surface area contributed by atoms with E-state index in [4.69, 9.17) is 32.7 Å². The lowest BCUT2D eigenvalue weighted by molar-refractivity contribution is -0.124. The van der Waals surface area contributed by atoms with Crippen molar-refractivity contribution in [2.45, 2.75) is 26.7 Å². The van der Waals surface area contributed by atoms with Crippen molar-refractivity contribution in [1.29, 1.82) is 0 Å². The Labute approximate surface area is 186 Å². The average molecular weight is 453 g/mol. The quantitative estimate of drug-likeness (QED) is 0.503. The van der Waals surface area contributed by atoms with Gasteiger partial charge in [-0.05, 0) is 74.2 Å². The molecule has 2 N–H and O–H groups in total. The minimum Gasteiger partial charge on any atom is -0.484 e. The maximum Gasteiger partial charge on any atom is 0.257 e. The number of carbonyl (C=O) groups is 2. The highest BCUT2D eigenvalue weighted by molar-refractivity contribution is 6.31. The zero-order valence-electron chi connectivity index (χ0n) is 17.1. The molecule has 0 saturated heterocycles. The fourth-order valence-electron chi connectivity index (χ4n) is 2.64. The van der Waals surface area contributed by atoms with Crippen LogP contribution in [0.1, 0.15) is 24.0 Å². The van der Waals surface area contributed by atoms with Crippen molar-refractivity contribution in [3.8, 4) is 11.5 Å². The molecule has 0 heterocycles. The number of hydrogen-bond acceptors (Lipinski definition) is 4. The lowest BCUT2D eigenvalue weighted by Gasteiger charge is -2.11. The van der Waals surface area contributed by atoms with Gasteiger partial charge in [-0.3, -0.25) is 9.59 Å². The van der Waals surface area contributed by atoms with Crippen LogP contribution in [-0.4, -0.2) is 38.1 Å². The Morgan fingerprint density at radius 1 is 0.767 bits per heavy atom. The molecule has 0 saturated carbocycles. The van der Waals surface area contributed by atoms with Crippen LogP contribution < -0.4 is 20.1 Å². The topological polar surface area (TPSA) is 76.7 Å². The fourth-order valence-corrected chi connectivity index (χ4v) is 3.10. The normalized spacial score (nSPS) is 10.4. The summed E-state index contributed by atoms with van der Waals surface area (Å²) >= 11 is 11.8. The van der Waals surface area contributed by atoms with Gasteiger partial charge < -0.3 is 20.1 Å². The number of rotatable bonds is 11. The predicted molar refractivity (Wildman–Crippen MR) is 119 cm³/mol. The van der Waals surface area contributed by atoms with E-state index in [2.05, 4.69) is 10.6 Å². The monoisotopic (exact) mass is 452 g/mol. The second kappa shape index (κ2) is 12.3. The molecule has 0 bridgehead atoms. The van der Waals surface area contributed by atoms with Gasteiger partial charge in [0.1, 0.15) is 11.5 Å². The standard InChI is InChI=1S/C22H26Cl2N2O4/c1-15-11-17(23)5-7-19(15)29-13-21(27)25-9-3-4-10-26-22(28)14-30-20-8-6-18(24)12-16(20)2/h5-8,11-12H,3-4,9-10,13-14H2,1-2H3,(H,25,27)(H,26,28). The first-order valence-electron chi connectivity index (χ1n) is 9.66. The maximum atomic E-state index is 11.8. The Balaban J connectivity index is 1.52. The van der Waals surface area contributed by atoms with Crippen molar-refractivity contribution in [3.05, 3.63) is 57.6 Å². The molecule has 0 aliphatic rings. The molecule has 0 fully saturated rings. The molecule has 6 nitrogen and oxygen atoms in total. The van der Waals surface area contributed by atoms with Crippen LogP contribution in [0.3, 0.4) is 0 Å². The highest BCUT2D eigenvalue weighted by Crippen LogP contribution is 2.22. The van der Waals surface area contributed by atoms with Crippen LogP contribution in [0.4, 0.5) is 0 Å². The highest BCUT2D eigenvalue weighted by atomic mass is 35.5. The molecule has 2 rings (SSSR count). The second-order valence-electron chi connectivity index (χ2n) is 6.80. The van der Waals surface area contributed by atoms with Gasteiger partial charge in [0.2, 0.25) is 0 Å². The number of aryl methyl sites for hydroxylation is 2. The lowest BCUT2D eigenvalue weighted by Crippen LogP contribution is -2.32. The number of halogens is 2. The van der Waals surface area contributed by atoms with E-state index in [1.807, 2.05) is 13.8 Å². The fraction of sp³-hybridized carbons (Fsp3) is 0.364. The van der Waals surface area contributed by atoms with Gasteiger partial charge >= 0.3 is 0 Å². The lowest BCUT2D eigenvalue weighted by atomic mass is 10.2. The van der Waals surface area contributed by atoms with E-state index >= 15 is 0 Å². The van der Waals surface area contributed by atoms with E-state index in [0.717, 1.165) is 24.0 Å². The summed E-state index contributed by atoms with van der Waals surface area (Å²) in [4.78, 5) is 23.7. The number of ether oxygens (including phenoxy) is 2. The van der Waals surface area contributed by atoms with Crippen LogP contribution in [0.15, 0.2) is 36.4 Å². The van der Waals surface area contributed by atoms with Crippen LogP contribution in [-0.2, 0) is 9.59 Å². The third-order valence-corrected chi connectivity index (χ3v) is 4.71. The molecule has 0 spiro atoms. The first-order chi connectivity index (χ1) is 14.3. The van der Waals surface area contributed by atoms with Crippen LogP contribution in [0.5, 0.6) is 11.5 Å². The van der Waals surface area contributed by atoms with Crippen LogP contribution in [0, 0.1) is 13.8 Å². The van der Waals surface area contributed by atoms with Crippen LogP contribution in [0.25, 0.3) is 0 Å². The molecule has 30 heavy (non-hydrogen) atoms. The molecular weight excluding hydrogens is 427 g/mol. The third-order valence-electron chi connectivity index (χ3n) is 4.24. The molecule has 0 unspecified atom stereocenters.